The fourth-order valence-electron chi connectivity index (χ4n) is 2.46. The van der Waals surface area contributed by atoms with Gasteiger partial charge in [-0.05, 0) is 0 Å². The summed E-state index contributed by atoms with van der Waals surface area (Å²) >= 11 is 0. The Morgan fingerprint density at radius 1 is 1.30 bits per heavy atom. The van der Waals surface area contributed by atoms with E-state index in [1.807, 2.05) is 0 Å². The average Bonchev–Trinajstić information content (AvgIpc) is 3.07. The van der Waals surface area contributed by atoms with Crippen LogP contribution in [0.4, 0.5) is 0 Å². The lowest BCUT2D eigenvalue weighted by Crippen LogP contribution is -2.34. The van der Waals surface area contributed by atoms with Crippen LogP contribution in [-0.4, -0.2) is 59.5 Å². The van der Waals surface area contributed by atoms with Crippen molar-refractivity contribution < 1.29 is 47.6 Å². The van der Waals surface area contributed by atoms with Crippen molar-refractivity contribution in [2.24, 2.45) is 0 Å². The Morgan fingerprint density at radius 3 is 2.67 bits per heavy atom. The summed E-state index contributed by atoms with van der Waals surface area (Å²) in [6, 6.07) is 0. The van der Waals surface area contributed by atoms with Crippen LogP contribution in [-0.2, 0) is 22.7 Å². The third-order valence-corrected chi connectivity index (χ3v) is 5.67. The first kappa shape index (κ1) is 20.2. The van der Waals surface area contributed by atoms with Crippen LogP contribution in [0, 0.1) is 0 Å². The van der Waals surface area contributed by atoms with E-state index in [1.54, 1.807) is 0 Å². The van der Waals surface area contributed by atoms with Gasteiger partial charge in [-0.15, -0.1) is 0 Å². The van der Waals surface area contributed by atoms with Gasteiger partial charge < -0.3 is 39.1 Å². The molecule has 0 spiro atoms. The molecule has 17 heteroatoms. The molecule has 15 nitrogen and oxygen atoms in total. The minimum atomic E-state index is -5.62. The van der Waals surface area contributed by atoms with Gasteiger partial charge in [-0.1, -0.05) is 0 Å². The highest BCUT2D eigenvalue weighted by Crippen LogP contribution is 2.52. The highest BCUT2D eigenvalue weighted by molar-refractivity contribution is 7.59. The Kier molecular flexibility index (Phi) is 5.35. The van der Waals surface area contributed by atoms with Crippen molar-refractivity contribution in [2.75, 3.05) is 6.61 Å². The SMILES string of the molecule is O=c1[nH]cnc2c1ncn2C1OC(COP(=O)([O-])OP(=O)([O-])O)[C@H](O)[C@@H]1O. The fraction of sp³-hybridized carbons (Fsp3) is 0.500. The van der Waals surface area contributed by atoms with E-state index >= 15 is 0 Å². The standard InChI is InChI=1S/C10H14N4O11P2/c15-6-4(1-23-27(21,22)25-26(18,19)20)24-10(7(6)16)14-3-13-5-8(14)11-2-12-9(5)17/h2-4,6-7,10,15-16H,1H2,(H,21,22)(H,11,12,17)(H2,18,19,20)/p-2/t4?,6-,7-,10?/m0/s1. The Bertz CT molecular complexity index is 985. The maximum Gasteiger partial charge on any atom is 0.278 e. The maximum absolute atomic E-state index is 11.7. The lowest BCUT2D eigenvalue weighted by molar-refractivity contribution is -0.242. The average molecular weight is 426 g/mol. The second-order valence-corrected chi connectivity index (χ2v) is 8.14. The van der Waals surface area contributed by atoms with Crippen LogP contribution in [0.3, 0.4) is 0 Å². The van der Waals surface area contributed by atoms with Gasteiger partial charge in [0.15, 0.2) is 17.4 Å². The van der Waals surface area contributed by atoms with Crippen molar-refractivity contribution >= 4 is 26.8 Å². The Hall–Kier alpha value is -1.51. The van der Waals surface area contributed by atoms with E-state index in [4.69, 9.17) is 9.63 Å². The summed E-state index contributed by atoms with van der Waals surface area (Å²) in [4.78, 5) is 51.8. The van der Waals surface area contributed by atoms with Gasteiger partial charge in [0.05, 0.1) is 19.3 Å². The largest absolute Gasteiger partial charge is 0.756 e. The number of nitrogens with one attached hydrogen (secondary N) is 1. The molecule has 2 aromatic heterocycles. The number of phosphoric acid groups is 2. The van der Waals surface area contributed by atoms with Crippen LogP contribution < -0.4 is 15.3 Å². The first-order valence-electron chi connectivity index (χ1n) is 7.11. The minimum Gasteiger partial charge on any atom is -0.756 e. The van der Waals surface area contributed by atoms with Gasteiger partial charge in [0.1, 0.15) is 18.3 Å². The summed E-state index contributed by atoms with van der Waals surface area (Å²) in [6.07, 6.45) is -3.77. The molecule has 1 saturated heterocycles. The maximum atomic E-state index is 11.7. The van der Waals surface area contributed by atoms with Gasteiger partial charge in [-0.3, -0.25) is 18.5 Å². The molecule has 27 heavy (non-hydrogen) atoms. The Labute approximate surface area is 149 Å². The molecule has 0 amide bonds. The summed E-state index contributed by atoms with van der Waals surface area (Å²) in [5.41, 5.74) is -0.585. The number of aliphatic hydroxyl groups excluding tert-OH is 2. The van der Waals surface area contributed by atoms with E-state index in [0.29, 0.717) is 0 Å². The number of phosphoric ester groups is 1. The molecule has 0 radical (unpaired) electrons. The van der Waals surface area contributed by atoms with Gasteiger partial charge in [-0.25, -0.2) is 14.3 Å². The zero-order valence-electron chi connectivity index (χ0n) is 13.0. The molecular formula is C10H12N4O11P2-2. The first-order chi connectivity index (χ1) is 12.5. The number of H-pyrrole nitrogens is 1. The zero-order valence-corrected chi connectivity index (χ0v) is 14.8. The van der Waals surface area contributed by atoms with E-state index in [-0.39, 0.29) is 11.2 Å². The van der Waals surface area contributed by atoms with Crippen LogP contribution >= 0.6 is 15.6 Å². The topological polar surface area (TPSA) is 232 Å². The molecule has 0 bridgehead atoms. The summed E-state index contributed by atoms with van der Waals surface area (Å²) in [7, 11) is -11.1. The number of rotatable bonds is 6. The molecule has 1 aliphatic heterocycles. The molecule has 2 aromatic rings. The van der Waals surface area contributed by atoms with E-state index in [2.05, 4.69) is 23.8 Å². The molecule has 6 atom stereocenters. The number of hydrogen-bond acceptors (Lipinski definition) is 12. The predicted octanol–water partition coefficient (Wildman–Crippen LogP) is -3.30. The molecule has 1 fully saturated rings. The molecule has 0 aliphatic carbocycles. The fourth-order valence-corrected chi connectivity index (χ4v) is 3.99. The number of hydrogen-bond donors (Lipinski definition) is 4. The third-order valence-electron chi connectivity index (χ3n) is 3.58. The van der Waals surface area contributed by atoms with Crippen molar-refractivity contribution in [1.82, 2.24) is 19.5 Å². The van der Waals surface area contributed by atoms with Gasteiger partial charge in [0, 0.05) is 0 Å². The number of aromatic nitrogens is 4. The molecule has 0 saturated carbocycles. The second-order valence-electron chi connectivity index (χ2n) is 5.40. The van der Waals surface area contributed by atoms with E-state index in [1.165, 1.54) is 0 Å². The Balaban J connectivity index is 1.76. The van der Waals surface area contributed by atoms with Crippen molar-refractivity contribution in [2.45, 2.75) is 24.5 Å². The summed E-state index contributed by atoms with van der Waals surface area (Å²) in [5, 5.41) is 20.1. The molecule has 4 N–H and O–H groups in total. The van der Waals surface area contributed by atoms with Crippen molar-refractivity contribution in [1.29, 1.82) is 0 Å². The molecule has 0 aromatic carbocycles. The van der Waals surface area contributed by atoms with Gasteiger partial charge in [0.25, 0.3) is 21.2 Å². The number of aliphatic hydroxyl groups is 2. The van der Waals surface area contributed by atoms with Crippen LogP contribution in [0.1, 0.15) is 6.23 Å². The summed E-state index contributed by atoms with van der Waals surface area (Å²) < 4.78 is 35.9. The lowest BCUT2D eigenvalue weighted by Gasteiger charge is -2.28. The van der Waals surface area contributed by atoms with Gasteiger partial charge in [0.2, 0.25) is 0 Å². The van der Waals surface area contributed by atoms with E-state index < -0.39 is 52.4 Å². The Morgan fingerprint density at radius 2 is 2.00 bits per heavy atom. The number of fused-ring (bicyclic) bond motifs is 1. The van der Waals surface area contributed by atoms with Crippen LogP contribution in [0.2, 0.25) is 0 Å². The normalized spacial score (nSPS) is 30.3. The second kappa shape index (κ2) is 7.14. The van der Waals surface area contributed by atoms with Crippen LogP contribution in [0.25, 0.3) is 11.2 Å². The number of aromatic amines is 1. The van der Waals surface area contributed by atoms with Gasteiger partial charge in [-0.2, -0.15) is 0 Å². The molecular weight excluding hydrogens is 414 g/mol. The third kappa shape index (κ3) is 4.33. The summed E-state index contributed by atoms with van der Waals surface area (Å²) in [6.45, 7) is -0.934. The number of nitrogens with zero attached hydrogens (tertiary/aromatic N) is 3. The van der Waals surface area contributed by atoms with Crippen molar-refractivity contribution in [3.05, 3.63) is 23.0 Å². The highest BCUT2D eigenvalue weighted by Gasteiger charge is 2.45. The van der Waals surface area contributed by atoms with Crippen molar-refractivity contribution in [3.63, 3.8) is 0 Å². The van der Waals surface area contributed by atoms with Crippen LogP contribution in [0.5, 0.6) is 0 Å². The summed E-state index contributed by atoms with van der Waals surface area (Å²) in [5.74, 6) is 0. The molecule has 4 unspecified atom stereocenters. The molecule has 3 heterocycles. The smallest absolute Gasteiger partial charge is 0.278 e. The van der Waals surface area contributed by atoms with E-state index in [0.717, 1.165) is 17.2 Å². The molecule has 1 aliphatic rings. The molecule has 3 rings (SSSR count). The predicted molar refractivity (Wildman–Crippen MR) is 78.5 cm³/mol. The minimum absolute atomic E-state index is 0.0296. The number of ether oxygens (including phenoxy) is 1. The van der Waals surface area contributed by atoms with Crippen molar-refractivity contribution in [3.8, 4) is 0 Å². The highest BCUT2D eigenvalue weighted by atomic mass is 31.3. The number of imidazole rings is 1. The van der Waals surface area contributed by atoms with Gasteiger partial charge >= 0.3 is 0 Å². The molecule has 150 valence electrons. The first-order valence-corrected chi connectivity index (χ1v) is 10.1. The van der Waals surface area contributed by atoms with Crippen LogP contribution in [0.15, 0.2) is 17.4 Å². The monoisotopic (exact) mass is 426 g/mol. The quantitative estimate of drug-likeness (QED) is 0.332. The zero-order chi connectivity index (χ0) is 20.0. The van der Waals surface area contributed by atoms with E-state index in [9.17, 15) is 33.9 Å². The lowest BCUT2D eigenvalue weighted by atomic mass is 10.1.